The van der Waals surface area contributed by atoms with E-state index in [2.05, 4.69) is 31.3 Å². The molecule has 0 heterocycles. The second-order valence-electron chi connectivity index (χ2n) is 7.11. The Balaban J connectivity index is 1.85. The van der Waals surface area contributed by atoms with Crippen molar-refractivity contribution in [3.63, 3.8) is 0 Å². The van der Waals surface area contributed by atoms with E-state index in [4.69, 9.17) is 9.84 Å². The van der Waals surface area contributed by atoms with Gasteiger partial charge in [0.25, 0.3) is 5.91 Å². The summed E-state index contributed by atoms with van der Waals surface area (Å²) in [4.78, 5) is 12.3. The molecule has 134 valence electrons. The molecule has 4 heteroatoms. The van der Waals surface area contributed by atoms with Crippen LogP contribution in [-0.4, -0.2) is 23.7 Å². The molecule has 2 N–H and O–H groups in total. The van der Waals surface area contributed by atoms with Gasteiger partial charge in [-0.1, -0.05) is 56.3 Å². The van der Waals surface area contributed by atoms with E-state index in [0.717, 1.165) is 12.0 Å². The molecule has 0 aliphatic rings. The lowest BCUT2D eigenvalue weighted by molar-refractivity contribution is -0.127. The molecular weight excluding hydrogens is 314 g/mol. The smallest absolute Gasteiger partial charge is 0.260 e. The van der Waals surface area contributed by atoms with Gasteiger partial charge in [0.2, 0.25) is 0 Å². The molecule has 0 aliphatic carbocycles. The molecule has 1 amide bonds. The van der Waals surface area contributed by atoms with Gasteiger partial charge in [0.15, 0.2) is 6.10 Å². The maximum absolute atomic E-state index is 12.3. The van der Waals surface area contributed by atoms with Crippen molar-refractivity contribution >= 4 is 5.91 Å². The Morgan fingerprint density at radius 3 is 2.48 bits per heavy atom. The van der Waals surface area contributed by atoms with Crippen molar-refractivity contribution in [1.82, 2.24) is 5.32 Å². The van der Waals surface area contributed by atoms with E-state index in [0.29, 0.717) is 12.3 Å². The van der Waals surface area contributed by atoms with E-state index in [9.17, 15) is 4.79 Å². The first-order valence-corrected chi connectivity index (χ1v) is 8.58. The van der Waals surface area contributed by atoms with Crippen LogP contribution in [0.3, 0.4) is 0 Å². The van der Waals surface area contributed by atoms with Crippen LogP contribution in [0.1, 0.15) is 31.9 Å². The number of hydrogen-bond acceptors (Lipinski definition) is 3. The van der Waals surface area contributed by atoms with E-state index in [1.165, 1.54) is 5.56 Å². The van der Waals surface area contributed by atoms with Gasteiger partial charge in [0, 0.05) is 6.54 Å². The molecule has 0 saturated heterocycles. The van der Waals surface area contributed by atoms with Crippen LogP contribution >= 0.6 is 0 Å². The van der Waals surface area contributed by atoms with Crippen LogP contribution in [0, 0.1) is 5.41 Å². The fraction of sp³-hybridized carbons (Fsp3) is 0.381. The largest absolute Gasteiger partial charge is 0.481 e. The number of aliphatic hydroxyl groups is 1. The Morgan fingerprint density at radius 1 is 1.12 bits per heavy atom. The van der Waals surface area contributed by atoms with Crippen molar-refractivity contribution < 1.29 is 14.6 Å². The summed E-state index contributed by atoms with van der Waals surface area (Å²) >= 11 is 0. The molecule has 0 bridgehead atoms. The van der Waals surface area contributed by atoms with E-state index in [1.807, 2.05) is 24.3 Å². The number of ether oxygens (including phenoxy) is 1. The standard InChI is InChI=1S/C21H27NO3/c1-16(25-19-11-7-10-18(12-19)14-23)20(24)22-15-21(2,3)13-17-8-5-4-6-9-17/h4-12,16,23H,13-15H2,1-3H3,(H,22,24). The summed E-state index contributed by atoms with van der Waals surface area (Å²) in [7, 11) is 0. The van der Waals surface area contributed by atoms with Crippen LogP contribution in [0.15, 0.2) is 54.6 Å². The quantitative estimate of drug-likeness (QED) is 0.774. The number of carbonyl (C=O) groups excluding carboxylic acids is 1. The molecule has 2 aromatic rings. The van der Waals surface area contributed by atoms with Gasteiger partial charge >= 0.3 is 0 Å². The van der Waals surface area contributed by atoms with Crippen molar-refractivity contribution in [3.8, 4) is 5.75 Å². The summed E-state index contributed by atoms with van der Waals surface area (Å²) in [5, 5.41) is 12.1. The minimum Gasteiger partial charge on any atom is -0.481 e. The number of rotatable bonds is 8. The van der Waals surface area contributed by atoms with E-state index < -0.39 is 6.10 Å². The number of hydrogen-bond donors (Lipinski definition) is 2. The van der Waals surface area contributed by atoms with Crippen molar-refractivity contribution in [2.75, 3.05) is 6.54 Å². The van der Waals surface area contributed by atoms with Gasteiger partial charge in [-0.05, 0) is 42.0 Å². The summed E-state index contributed by atoms with van der Waals surface area (Å²) in [6, 6.07) is 17.4. The number of nitrogens with one attached hydrogen (secondary N) is 1. The van der Waals surface area contributed by atoms with Gasteiger partial charge in [-0.15, -0.1) is 0 Å². The maximum Gasteiger partial charge on any atom is 0.260 e. The molecule has 0 spiro atoms. The summed E-state index contributed by atoms with van der Waals surface area (Å²) in [5.41, 5.74) is 1.97. The number of carbonyl (C=O) groups is 1. The molecule has 4 nitrogen and oxygen atoms in total. The van der Waals surface area contributed by atoms with Crippen LogP contribution in [0.25, 0.3) is 0 Å². The van der Waals surface area contributed by atoms with Crippen LogP contribution in [-0.2, 0) is 17.8 Å². The summed E-state index contributed by atoms with van der Waals surface area (Å²) < 4.78 is 5.68. The molecule has 1 unspecified atom stereocenters. The van der Waals surface area contributed by atoms with Crippen LogP contribution in [0.5, 0.6) is 5.75 Å². The van der Waals surface area contributed by atoms with Gasteiger partial charge in [0.1, 0.15) is 5.75 Å². The van der Waals surface area contributed by atoms with Gasteiger partial charge in [-0.2, -0.15) is 0 Å². The first kappa shape index (κ1) is 19.0. The molecule has 0 radical (unpaired) electrons. The summed E-state index contributed by atoms with van der Waals surface area (Å²) in [5.74, 6) is 0.438. The van der Waals surface area contributed by atoms with Gasteiger partial charge in [0.05, 0.1) is 6.61 Å². The zero-order valence-electron chi connectivity index (χ0n) is 15.2. The molecule has 0 saturated carbocycles. The molecule has 2 aromatic carbocycles. The Bertz CT molecular complexity index is 683. The Labute approximate surface area is 149 Å². The zero-order chi connectivity index (χ0) is 18.3. The van der Waals surface area contributed by atoms with Gasteiger partial charge < -0.3 is 15.2 Å². The van der Waals surface area contributed by atoms with Crippen molar-refractivity contribution in [2.24, 2.45) is 5.41 Å². The molecular formula is C21H27NO3. The topological polar surface area (TPSA) is 58.6 Å². The van der Waals surface area contributed by atoms with Crippen molar-refractivity contribution in [3.05, 3.63) is 65.7 Å². The molecule has 25 heavy (non-hydrogen) atoms. The van der Waals surface area contributed by atoms with Gasteiger partial charge in [-0.25, -0.2) is 0 Å². The van der Waals surface area contributed by atoms with Crippen LogP contribution in [0.4, 0.5) is 0 Å². The second kappa shape index (κ2) is 8.67. The lowest BCUT2D eigenvalue weighted by Gasteiger charge is -2.26. The summed E-state index contributed by atoms with van der Waals surface area (Å²) in [6.45, 7) is 6.52. The highest BCUT2D eigenvalue weighted by atomic mass is 16.5. The highest BCUT2D eigenvalue weighted by Crippen LogP contribution is 2.21. The highest BCUT2D eigenvalue weighted by molar-refractivity contribution is 5.80. The first-order valence-electron chi connectivity index (χ1n) is 8.58. The van der Waals surface area contributed by atoms with Crippen LogP contribution in [0.2, 0.25) is 0 Å². The minimum absolute atomic E-state index is 0.0481. The molecule has 2 rings (SSSR count). The molecule has 1 atom stereocenters. The highest BCUT2D eigenvalue weighted by Gasteiger charge is 2.22. The average Bonchev–Trinajstić information content (AvgIpc) is 2.60. The lowest BCUT2D eigenvalue weighted by Crippen LogP contribution is -2.41. The third-order valence-corrected chi connectivity index (χ3v) is 4.03. The van der Waals surface area contributed by atoms with Crippen molar-refractivity contribution in [1.29, 1.82) is 0 Å². The van der Waals surface area contributed by atoms with E-state index in [1.54, 1.807) is 25.1 Å². The third-order valence-electron chi connectivity index (χ3n) is 4.03. The Hall–Kier alpha value is -2.33. The zero-order valence-corrected chi connectivity index (χ0v) is 15.2. The average molecular weight is 341 g/mol. The SMILES string of the molecule is CC(Oc1cccc(CO)c1)C(=O)NCC(C)(C)Cc1ccccc1. The first-order chi connectivity index (χ1) is 11.9. The fourth-order valence-corrected chi connectivity index (χ4v) is 2.66. The summed E-state index contributed by atoms with van der Waals surface area (Å²) in [6.07, 6.45) is 0.295. The minimum atomic E-state index is -0.596. The molecule has 0 aromatic heterocycles. The predicted octanol–water partition coefficient (Wildman–Crippen LogP) is 3.33. The normalized spacial score (nSPS) is 12.5. The van der Waals surface area contributed by atoms with Crippen molar-refractivity contribution in [2.45, 2.75) is 39.9 Å². The second-order valence-corrected chi connectivity index (χ2v) is 7.11. The lowest BCUT2D eigenvalue weighted by atomic mass is 9.85. The monoisotopic (exact) mass is 341 g/mol. The number of amides is 1. The Kier molecular flexibility index (Phi) is 6.59. The molecule has 0 fully saturated rings. The van der Waals surface area contributed by atoms with Crippen LogP contribution < -0.4 is 10.1 Å². The number of aliphatic hydroxyl groups excluding tert-OH is 1. The maximum atomic E-state index is 12.3. The third kappa shape index (κ3) is 6.24. The van der Waals surface area contributed by atoms with E-state index >= 15 is 0 Å². The fourth-order valence-electron chi connectivity index (χ4n) is 2.66. The number of benzene rings is 2. The molecule has 0 aliphatic heterocycles. The predicted molar refractivity (Wildman–Crippen MR) is 99.4 cm³/mol. The Morgan fingerprint density at radius 2 is 1.80 bits per heavy atom. The van der Waals surface area contributed by atoms with Gasteiger partial charge in [-0.3, -0.25) is 4.79 Å². The van der Waals surface area contributed by atoms with E-state index in [-0.39, 0.29) is 17.9 Å².